The highest BCUT2D eigenvalue weighted by Gasteiger charge is 2.55. The first-order valence-electron chi connectivity index (χ1n) is 8.95. The second kappa shape index (κ2) is 6.95. The van der Waals surface area contributed by atoms with Crippen molar-refractivity contribution in [2.45, 2.75) is 39.3 Å². The fraction of sp³-hybridized carbons (Fsp3) is 0.333. The third-order valence-corrected chi connectivity index (χ3v) is 21.2. The number of hydrogen-bond donors (Lipinski definition) is 0. The molecule has 140 valence electrons. The molecule has 1 saturated heterocycles. The van der Waals surface area contributed by atoms with E-state index in [0.29, 0.717) is 0 Å². The second-order valence-electron chi connectivity index (χ2n) is 7.83. The molecule has 26 heavy (non-hydrogen) atoms. The van der Waals surface area contributed by atoms with Gasteiger partial charge in [0.25, 0.3) is 0 Å². The standard InChI is InChI=1S/C18H28O4Si4/c1-23(2)19-25(5,17-13-9-7-10-14-17)21-24(3,4)22-26(6,20-23)18-15-11-8-12-16-18/h7-16H,1-6H3. The van der Waals surface area contributed by atoms with Crippen LogP contribution in [0.15, 0.2) is 60.7 Å². The van der Waals surface area contributed by atoms with Crippen molar-refractivity contribution in [3.63, 3.8) is 0 Å². The molecule has 0 aliphatic carbocycles. The Balaban J connectivity index is 2.02. The van der Waals surface area contributed by atoms with E-state index in [4.69, 9.17) is 16.5 Å². The molecule has 2 aromatic rings. The highest BCUT2D eigenvalue weighted by molar-refractivity contribution is 7.00. The third kappa shape index (κ3) is 4.34. The molecule has 0 atom stereocenters. The maximum Gasteiger partial charge on any atom is 0.351 e. The number of hydrogen-bond acceptors (Lipinski definition) is 4. The van der Waals surface area contributed by atoms with Gasteiger partial charge in [0.15, 0.2) is 0 Å². The topological polar surface area (TPSA) is 36.9 Å². The summed E-state index contributed by atoms with van der Waals surface area (Å²) in [5.41, 5.74) is 0. The molecule has 1 fully saturated rings. The van der Waals surface area contributed by atoms with Crippen molar-refractivity contribution in [1.82, 2.24) is 0 Å². The quantitative estimate of drug-likeness (QED) is 0.698. The maximum absolute atomic E-state index is 6.73. The van der Waals surface area contributed by atoms with E-state index in [2.05, 4.69) is 63.5 Å². The molecular weight excluding hydrogens is 393 g/mol. The highest BCUT2D eigenvalue weighted by atomic mass is 28.5. The van der Waals surface area contributed by atoms with E-state index < -0.39 is 34.2 Å². The van der Waals surface area contributed by atoms with Crippen molar-refractivity contribution in [3.8, 4) is 0 Å². The summed E-state index contributed by atoms with van der Waals surface area (Å²) in [5, 5.41) is 2.25. The third-order valence-electron chi connectivity index (χ3n) is 4.36. The summed E-state index contributed by atoms with van der Waals surface area (Å²) in [6.07, 6.45) is 0. The molecule has 0 bridgehead atoms. The van der Waals surface area contributed by atoms with Gasteiger partial charge in [0.1, 0.15) is 0 Å². The Hall–Kier alpha value is -0.852. The van der Waals surface area contributed by atoms with Crippen LogP contribution in [0.5, 0.6) is 0 Å². The molecular formula is C18H28O4Si4. The molecule has 1 aliphatic heterocycles. The normalized spacial score (nSPS) is 31.0. The summed E-state index contributed by atoms with van der Waals surface area (Å²) in [4.78, 5) is 0. The first-order chi connectivity index (χ1) is 12.0. The zero-order chi connectivity index (χ0) is 19.1. The van der Waals surface area contributed by atoms with Crippen LogP contribution in [0, 0.1) is 0 Å². The molecule has 4 nitrogen and oxygen atoms in total. The zero-order valence-electron chi connectivity index (χ0n) is 16.4. The van der Waals surface area contributed by atoms with Crippen LogP contribution in [0.2, 0.25) is 39.3 Å². The minimum Gasteiger partial charge on any atom is -0.412 e. The molecule has 1 aliphatic rings. The molecule has 0 radical (unpaired) electrons. The van der Waals surface area contributed by atoms with E-state index >= 15 is 0 Å². The van der Waals surface area contributed by atoms with Crippen LogP contribution in [0.1, 0.15) is 0 Å². The lowest BCUT2D eigenvalue weighted by molar-refractivity contribution is 0.246. The molecule has 8 heteroatoms. The van der Waals surface area contributed by atoms with E-state index in [1.165, 1.54) is 0 Å². The maximum atomic E-state index is 6.73. The SMILES string of the molecule is C[Si]1(C)O[Si](C)(c2ccccc2)O[Si](C)(C)O[Si](C)(c2ccccc2)O1. The Labute approximate surface area is 161 Å². The molecule has 0 aromatic heterocycles. The molecule has 0 saturated carbocycles. The lowest BCUT2D eigenvalue weighted by Crippen LogP contribution is -2.71. The van der Waals surface area contributed by atoms with Crippen LogP contribution in [-0.4, -0.2) is 34.2 Å². The average molecular weight is 421 g/mol. The molecule has 1 heterocycles. The first kappa shape index (κ1) is 19.9. The van der Waals surface area contributed by atoms with Crippen LogP contribution in [-0.2, 0) is 16.5 Å². The van der Waals surface area contributed by atoms with Gasteiger partial charge >= 0.3 is 34.2 Å². The minimum atomic E-state index is -2.63. The van der Waals surface area contributed by atoms with Crippen LogP contribution < -0.4 is 10.4 Å². The van der Waals surface area contributed by atoms with Gasteiger partial charge in [-0.1, -0.05) is 60.7 Å². The Kier molecular flexibility index (Phi) is 5.32. The molecule has 0 unspecified atom stereocenters. The Morgan fingerprint density at radius 1 is 0.462 bits per heavy atom. The molecule has 0 spiro atoms. The predicted octanol–water partition coefficient (Wildman–Crippen LogP) is 3.43. The van der Waals surface area contributed by atoms with Gasteiger partial charge in [0, 0.05) is 0 Å². The Morgan fingerprint density at radius 2 is 0.731 bits per heavy atom. The van der Waals surface area contributed by atoms with Gasteiger partial charge in [-0.15, -0.1) is 0 Å². The van der Waals surface area contributed by atoms with Gasteiger partial charge in [-0.2, -0.15) is 0 Å². The average Bonchev–Trinajstić information content (AvgIpc) is 2.53. The van der Waals surface area contributed by atoms with E-state index in [1.54, 1.807) is 0 Å². The minimum absolute atomic E-state index is 1.12. The lowest BCUT2D eigenvalue weighted by Gasteiger charge is -2.48. The molecule has 0 N–H and O–H groups in total. The smallest absolute Gasteiger partial charge is 0.351 e. The number of rotatable bonds is 2. The Morgan fingerprint density at radius 3 is 1.00 bits per heavy atom. The van der Waals surface area contributed by atoms with Gasteiger partial charge in [-0.3, -0.25) is 0 Å². The predicted molar refractivity (Wildman–Crippen MR) is 115 cm³/mol. The van der Waals surface area contributed by atoms with Crippen molar-refractivity contribution >= 4 is 44.6 Å². The van der Waals surface area contributed by atoms with Crippen molar-refractivity contribution in [3.05, 3.63) is 60.7 Å². The summed E-state index contributed by atoms with van der Waals surface area (Å²) < 4.78 is 26.9. The van der Waals surface area contributed by atoms with Crippen molar-refractivity contribution in [1.29, 1.82) is 0 Å². The van der Waals surface area contributed by atoms with Crippen LogP contribution in [0.3, 0.4) is 0 Å². The summed E-state index contributed by atoms with van der Waals surface area (Å²) in [6, 6.07) is 20.5. The van der Waals surface area contributed by atoms with E-state index in [0.717, 1.165) is 10.4 Å². The summed E-state index contributed by atoms with van der Waals surface area (Å²) in [5.74, 6) is 0. The Bertz CT molecular complexity index is 671. The fourth-order valence-electron chi connectivity index (χ4n) is 3.68. The largest absolute Gasteiger partial charge is 0.412 e. The van der Waals surface area contributed by atoms with Crippen LogP contribution in [0.25, 0.3) is 0 Å². The summed E-state index contributed by atoms with van der Waals surface area (Å²) >= 11 is 0. The summed E-state index contributed by atoms with van der Waals surface area (Å²) in [7, 11) is -10.2. The number of benzene rings is 2. The first-order valence-corrected chi connectivity index (χ1v) is 19.2. The van der Waals surface area contributed by atoms with Crippen molar-refractivity contribution in [2.24, 2.45) is 0 Å². The van der Waals surface area contributed by atoms with Crippen molar-refractivity contribution in [2.75, 3.05) is 0 Å². The zero-order valence-corrected chi connectivity index (χ0v) is 20.4. The summed E-state index contributed by atoms with van der Waals surface area (Å²) in [6.45, 7) is 12.6. The lowest BCUT2D eigenvalue weighted by atomic mass is 10.4. The monoisotopic (exact) mass is 420 g/mol. The molecule has 3 rings (SSSR count). The molecule has 2 aromatic carbocycles. The van der Waals surface area contributed by atoms with E-state index in [1.807, 2.05) is 36.4 Å². The highest BCUT2D eigenvalue weighted by Crippen LogP contribution is 2.30. The van der Waals surface area contributed by atoms with Crippen molar-refractivity contribution < 1.29 is 16.5 Å². The van der Waals surface area contributed by atoms with Gasteiger partial charge in [0.05, 0.1) is 0 Å². The van der Waals surface area contributed by atoms with Gasteiger partial charge in [-0.05, 0) is 49.7 Å². The van der Waals surface area contributed by atoms with Gasteiger partial charge in [0.2, 0.25) is 0 Å². The molecule has 0 amide bonds. The van der Waals surface area contributed by atoms with Gasteiger partial charge < -0.3 is 16.5 Å². The second-order valence-corrected chi connectivity index (χ2v) is 21.6. The van der Waals surface area contributed by atoms with Crippen LogP contribution in [0.4, 0.5) is 0 Å². The fourth-order valence-corrected chi connectivity index (χ4v) is 24.3. The van der Waals surface area contributed by atoms with E-state index in [-0.39, 0.29) is 0 Å². The van der Waals surface area contributed by atoms with E-state index in [9.17, 15) is 0 Å². The van der Waals surface area contributed by atoms with Gasteiger partial charge in [-0.25, -0.2) is 0 Å². The van der Waals surface area contributed by atoms with Crippen LogP contribution >= 0.6 is 0 Å².